The van der Waals surface area contributed by atoms with Gasteiger partial charge in [-0.15, -0.1) is 0 Å². The Labute approximate surface area is 113 Å². The van der Waals surface area contributed by atoms with E-state index in [1.165, 1.54) is 5.56 Å². The predicted octanol–water partition coefficient (Wildman–Crippen LogP) is 4.35. The van der Waals surface area contributed by atoms with E-state index in [1.54, 1.807) is 12.1 Å². The van der Waals surface area contributed by atoms with E-state index in [1.807, 2.05) is 19.1 Å². The van der Waals surface area contributed by atoms with Gasteiger partial charge in [0, 0.05) is 5.69 Å². The smallest absolute Gasteiger partial charge is 0.291 e. The van der Waals surface area contributed by atoms with Gasteiger partial charge in [0.15, 0.2) is 5.76 Å². The Morgan fingerprint density at radius 3 is 2.42 bits per heavy atom. The van der Waals surface area contributed by atoms with Gasteiger partial charge in [0.05, 0.1) is 0 Å². The van der Waals surface area contributed by atoms with E-state index in [9.17, 15) is 4.79 Å². The lowest BCUT2D eigenvalue weighted by Crippen LogP contribution is -2.10. The van der Waals surface area contributed by atoms with E-state index >= 15 is 0 Å². The van der Waals surface area contributed by atoms with Crippen molar-refractivity contribution in [2.75, 3.05) is 5.32 Å². The minimum Gasteiger partial charge on any atom is -0.456 e. The van der Waals surface area contributed by atoms with Gasteiger partial charge in [0.1, 0.15) is 5.76 Å². The second-order valence-electron chi connectivity index (χ2n) is 4.80. The first-order chi connectivity index (χ1) is 9.10. The average Bonchev–Trinajstić information content (AvgIpc) is 2.85. The molecule has 0 saturated heterocycles. The van der Waals surface area contributed by atoms with Crippen LogP contribution in [0.2, 0.25) is 0 Å². The topological polar surface area (TPSA) is 42.2 Å². The fraction of sp³-hybridized carbons (Fsp3) is 0.312. The van der Waals surface area contributed by atoms with E-state index in [-0.39, 0.29) is 5.91 Å². The van der Waals surface area contributed by atoms with Crippen LogP contribution in [0.1, 0.15) is 48.1 Å². The SMILES string of the molecule is CCC(C)c1ccc(NC(=O)c2ccc(C)o2)cc1. The molecule has 1 amide bonds. The van der Waals surface area contributed by atoms with Crippen LogP contribution in [0.15, 0.2) is 40.8 Å². The zero-order valence-electron chi connectivity index (χ0n) is 11.6. The maximum Gasteiger partial charge on any atom is 0.291 e. The Hall–Kier alpha value is -2.03. The predicted molar refractivity (Wildman–Crippen MR) is 76.5 cm³/mol. The third-order valence-electron chi connectivity index (χ3n) is 3.31. The van der Waals surface area contributed by atoms with Gasteiger partial charge < -0.3 is 9.73 Å². The Kier molecular flexibility index (Phi) is 4.05. The summed E-state index contributed by atoms with van der Waals surface area (Å²) in [7, 11) is 0. The van der Waals surface area contributed by atoms with Gasteiger partial charge in [-0.2, -0.15) is 0 Å². The number of hydrogen-bond donors (Lipinski definition) is 1. The van der Waals surface area contributed by atoms with Crippen LogP contribution >= 0.6 is 0 Å². The third-order valence-corrected chi connectivity index (χ3v) is 3.31. The number of aryl methyl sites for hydroxylation is 1. The van der Waals surface area contributed by atoms with Crippen molar-refractivity contribution in [2.45, 2.75) is 33.1 Å². The molecule has 0 saturated carbocycles. The Balaban J connectivity index is 2.05. The van der Waals surface area contributed by atoms with Crippen LogP contribution in [-0.4, -0.2) is 5.91 Å². The third kappa shape index (κ3) is 3.25. The van der Waals surface area contributed by atoms with Crippen LogP contribution in [0, 0.1) is 6.92 Å². The van der Waals surface area contributed by atoms with Gasteiger partial charge in [0.2, 0.25) is 0 Å². The number of hydrogen-bond acceptors (Lipinski definition) is 2. The molecule has 19 heavy (non-hydrogen) atoms. The normalized spacial score (nSPS) is 12.2. The first kappa shape index (κ1) is 13.4. The second kappa shape index (κ2) is 5.74. The standard InChI is InChI=1S/C16H19NO2/c1-4-11(2)13-6-8-14(9-7-13)17-16(18)15-10-5-12(3)19-15/h5-11H,4H2,1-3H3,(H,17,18). The molecular weight excluding hydrogens is 238 g/mol. The van der Waals surface area contributed by atoms with Crippen LogP contribution in [0.4, 0.5) is 5.69 Å². The minimum absolute atomic E-state index is 0.218. The van der Waals surface area contributed by atoms with Crippen LogP contribution in [0.5, 0.6) is 0 Å². The van der Waals surface area contributed by atoms with Gasteiger partial charge in [-0.25, -0.2) is 0 Å². The molecule has 1 atom stereocenters. The quantitative estimate of drug-likeness (QED) is 0.884. The summed E-state index contributed by atoms with van der Waals surface area (Å²) in [4.78, 5) is 11.9. The summed E-state index contributed by atoms with van der Waals surface area (Å²) >= 11 is 0. The van der Waals surface area contributed by atoms with Gasteiger partial charge >= 0.3 is 0 Å². The monoisotopic (exact) mass is 257 g/mol. The highest BCUT2D eigenvalue weighted by Gasteiger charge is 2.10. The summed E-state index contributed by atoms with van der Waals surface area (Å²) in [5.74, 6) is 1.39. The summed E-state index contributed by atoms with van der Waals surface area (Å²) in [5, 5.41) is 2.82. The molecule has 100 valence electrons. The summed E-state index contributed by atoms with van der Waals surface area (Å²) in [6, 6.07) is 11.4. The fourth-order valence-electron chi connectivity index (χ4n) is 1.88. The molecule has 1 aromatic heterocycles. The number of nitrogens with one attached hydrogen (secondary N) is 1. The molecule has 0 radical (unpaired) electrons. The molecule has 0 aliphatic rings. The fourth-order valence-corrected chi connectivity index (χ4v) is 1.88. The van der Waals surface area contributed by atoms with Gasteiger partial charge in [-0.3, -0.25) is 4.79 Å². The van der Waals surface area contributed by atoms with Crippen molar-refractivity contribution < 1.29 is 9.21 Å². The molecule has 0 bridgehead atoms. The van der Waals surface area contributed by atoms with Crippen LogP contribution in [0.25, 0.3) is 0 Å². The van der Waals surface area contributed by atoms with Gasteiger partial charge in [0.25, 0.3) is 5.91 Å². The van der Waals surface area contributed by atoms with Gasteiger partial charge in [-0.1, -0.05) is 26.0 Å². The second-order valence-corrected chi connectivity index (χ2v) is 4.80. The first-order valence-corrected chi connectivity index (χ1v) is 6.58. The molecule has 2 aromatic rings. The number of rotatable bonds is 4. The van der Waals surface area contributed by atoms with Crippen molar-refractivity contribution in [3.8, 4) is 0 Å². The molecule has 1 aromatic carbocycles. The van der Waals surface area contributed by atoms with Crippen molar-refractivity contribution in [3.63, 3.8) is 0 Å². The highest BCUT2D eigenvalue weighted by molar-refractivity contribution is 6.02. The number of benzene rings is 1. The van der Waals surface area contributed by atoms with E-state index in [2.05, 4.69) is 31.3 Å². The van der Waals surface area contributed by atoms with Crippen molar-refractivity contribution in [3.05, 3.63) is 53.5 Å². The molecule has 0 aliphatic carbocycles. The number of carbonyl (C=O) groups is 1. The molecular formula is C16H19NO2. The molecule has 1 heterocycles. The Morgan fingerprint density at radius 1 is 1.21 bits per heavy atom. The maximum absolute atomic E-state index is 11.9. The lowest BCUT2D eigenvalue weighted by Gasteiger charge is -2.10. The summed E-state index contributed by atoms with van der Waals surface area (Å²) in [5.41, 5.74) is 2.07. The average molecular weight is 257 g/mol. The Morgan fingerprint density at radius 2 is 1.89 bits per heavy atom. The van der Waals surface area contributed by atoms with E-state index < -0.39 is 0 Å². The number of furan rings is 1. The molecule has 0 aliphatic heterocycles. The summed E-state index contributed by atoms with van der Waals surface area (Å²) in [6.07, 6.45) is 1.11. The maximum atomic E-state index is 11.9. The lowest BCUT2D eigenvalue weighted by atomic mass is 9.99. The van der Waals surface area contributed by atoms with E-state index in [0.717, 1.165) is 17.9 Å². The van der Waals surface area contributed by atoms with E-state index in [4.69, 9.17) is 4.42 Å². The highest BCUT2D eigenvalue weighted by atomic mass is 16.3. The molecule has 1 N–H and O–H groups in total. The number of amides is 1. The number of anilines is 1. The zero-order valence-corrected chi connectivity index (χ0v) is 11.6. The largest absolute Gasteiger partial charge is 0.456 e. The van der Waals surface area contributed by atoms with E-state index in [0.29, 0.717) is 11.7 Å². The van der Waals surface area contributed by atoms with Gasteiger partial charge in [-0.05, 0) is 49.1 Å². The van der Waals surface area contributed by atoms with Crippen molar-refractivity contribution in [2.24, 2.45) is 0 Å². The van der Waals surface area contributed by atoms with Crippen LogP contribution in [-0.2, 0) is 0 Å². The van der Waals surface area contributed by atoms with Crippen molar-refractivity contribution >= 4 is 11.6 Å². The minimum atomic E-state index is -0.218. The molecule has 3 nitrogen and oxygen atoms in total. The molecule has 0 fully saturated rings. The van der Waals surface area contributed by atoms with Crippen LogP contribution < -0.4 is 5.32 Å². The molecule has 3 heteroatoms. The molecule has 1 unspecified atom stereocenters. The highest BCUT2D eigenvalue weighted by Crippen LogP contribution is 2.20. The Bertz CT molecular complexity index is 554. The van der Waals surface area contributed by atoms with Crippen molar-refractivity contribution in [1.82, 2.24) is 0 Å². The summed E-state index contributed by atoms with van der Waals surface area (Å²) in [6.45, 7) is 6.18. The number of carbonyl (C=O) groups excluding carboxylic acids is 1. The molecule has 0 spiro atoms. The first-order valence-electron chi connectivity index (χ1n) is 6.58. The summed E-state index contributed by atoms with van der Waals surface area (Å²) < 4.78 is 5.28. The lowest BCUT2D eigenvalue weighted by molar-refractivity contribution is 0.0995. The van der Waals surface area contributed by atoms with Crippen molar-refractivity contribution in [1.29, 1.82) is 0 Å². The zero-order chi connectivity index (χ0) is 13.8. The van der Waals surface area contributed by atoms with Crippen LogP contribution in [0.3, 0.4) is 0 Å². The molecule has 2 rings (SSSR count).